The maximum atomic E-state index is 13.2. The first kappa shape index (κ1) is 18.3. The lowest BCUT2D eigenvalue weighted by Crippen LogP contribution is -2.55. The molecule has 2 saturated heterocycles. The van der Waals surface area contributed by atoms with Crippen LogP contribution in [0.15, 0.2) is 9.59 Å². The predicted octanol–water partition coefficient (Wildman–Crippen LogP) is 2.44. The summed E-state index contributed by atoms with van der Waals surface area (Å²) in [6.45, 7) is 9.13. The molecule has 0 aliphatic carbocycles. The molecule has 0 amide bonds. The fourth-order valence-electron chi connectivity index (χ4n) is 4.52. The van der Waals surface area contributed by atoms with Crippen LogP contribution in [-0.2, 0) is 14.1 Å². The van der Waals surface area contributed by atoms with Crippen molar-refractivity contribution in [3.63, 3.8) is 0 Å². The van der Waals surface area contributed by atoms with Gasteiger partial charge in [-0.25, -0.2) is 0 Å². The minimum absolute atomic E-state index is 0.0904. The first-order valence-electron chi connectivity index (χ1n) is 9.12. The zero-order valence-electron chi connectivity index (χ0n) is 15.7. The molecule has 3 rings (SSSR count). The molecule has 3 heterocycles. The van der Waals surface area contributed by atoms with Crippen LogP contribution in [-0.4, -0.2) is 32.0 Å². The van der Waals surface area contributed by atoms with Crippen LogP contribution in [0.4, 0.5) is 0 Å². The SMILES string of the molecule is CC1CCC(C)P1c1c(P2C(C)CCC2C)c(=O)n(C)n(C)c1=O. The van der Waals surface area contributed by atoms with Crippen LogP contribution in [0.3, 0.4) is 0 Å². The summed E-state index contributed by atoms with van der Waals surface area (Å²) in [7, 11) is 2.42. The molecule has 1 aromatic rings. The highest BCUT2D eigenvalue weighted by Crippen LogP contribution is 2.57. The molecule has 0 N–H and O–H groups in total. The summed E-state index contributed by atoms with van der Waals surface area (Å²) in [5, 5.41) is 1.89. The average molecular weight is 368 g/mol. The van der Waals surface area contributed by atoms with Crippen molar-refractivity contribution in [3.05, 3.63) is 20.7 Å². The van der Waals surface area contributed by atoms with E-state index in [1.165, 1.54) is 25.7 Å². The lowest BCUT2D eigenvalue weighted by Gasteiger charge is -2.29. The fourth-order valence-corrected chi connectivity index (χ4v) is 11.8. The molecule has 2 fully saturated rings. The number of nitrogens with zero attached hydrogens (tertiary/aromatic N) is 2. The van der Waals surface area contributed by atoms with Crippen LogP contribution >= 0.6 is 15.8 Å². The second kappa shape index (κ2) is 6.69. The lowest BCUT2D eigenvalue weighted by atomic mass is 10.2. The van der Waals surface area contributed by atoms with Crippen molar-refractivity contribution in [3.8, 4) is 0 Å². The summed E-state index contributed by atoms with van der Waals surface area (Å²) in [6, 6.07) is 0. The number of hydrogen-bond acceptors (Lipinski definition) is 2. The summed E-state index contributed by atoms with van der Waals surface area (Å²) in [5.41, 5.74) is 2.39. The van der Waals surface area contributed by atoms with Gasteiger partial charge in [0.15, 0.2) is 0 Å². The minimum Gasteiger partial charge on any atom is -0.267 e. The normalized spacial score (nSPS) is 36.4. The third-order valence-electron chi connectivity index (χ3n) is 6.09. The van der Waals surface area contributed by atoms with Crippen molar-refractivity contribution in [2.45, 2.75) is 76.0 Å². The zero-order chi connectivity index (χ0) is 17.8. The number of aromatic nitrogens is 2. The Kier molecular flexibility index (Phi) is 5.11. The summed E-state index contributed by atoms with van der Waals surface area (Å²) in [4.78, 5) is 26.5. The van der Waals surface area contributed by atoms with Crippen LogP contribution in [0.25, 0.3) is 0 Å². The molecule has 0 bridgehead atoms. The first-order valence-corrected chi connectivity index (χ1v) is 12.1. The van der Waals surface area contributed by atoms with E-state index in [2.05, 4.69) is 27.7 Å². The molecule has 1 aromatic heterocycles. The van der Waals surface area contributed by atoms with Gasteiger partial charge in [-0.1, -0.05) is 43.5 Å². The molecule has 0 radical (unpaired) electrons. The molecule has 4 atom stereocenters. The third-order valence-corrected chi connectivity index (χ3v) is 13.0. The Balaban J connectivity index is 2.31. The van der Waals surface area contributed by atoms with Crippen molar-refractivity contribution in [1.82, 2.24) is 9.36 Å². The Morgan fingerprint density at radius 2 is 0.917 bits per heavy atom. The Bertz CT molecular complexity index is 672. The maximum Gasteiger partial charge on any atom is 0.273 e. The minimum atomic E-state index is -0.534. The zero-order valence-corrected chi connectivity index (χ0v) is 17.5. The molecule has 2 aliphatic rings. The van der Waals surface area contributed by atoms with Gasteiger partial charge in [-0.2, -0.15) is 0 Å². The maximum absolute atomic E-state index is 13.2. The summed E-state index contributed by atoms with van der Waals surface area (Å²) >= 11 is 0. The molecule has 0 aromatic carbocycles. The molecule has 4 nitrogen and oxygen atoms in total. The molecule has 0 saturated carbocycles. The van der Waals surface area contributed by atoms with Gasteiger partial charge in [0.2, 0.25) is 0 Å². The fraction of sp³-hybridized carbons (Fsp3) is 0.778. The van der Waals surface area contributed by atoms with E-state index in [9.17, 15) is 9.59 Å². The van der Waals surface area contributed by atoms with Gasteiger partial charge in [0, 0.05) is 14.1 Å². The molecule has 134 valence electrons. The highest BCUT2D eigenvalue weighted by molar-refractivity contribution is 7.73. The van der Waals surface area contributed by atoms with Gasteiger partial charge in [0.05, 0.1) is 10.6 Å². The van der Waals surface area contributed by atoms with Crippen LogP contribution in [0.2, 0.25) is 0 Å². The van der Waals surface area contributed by atoms with Crippen LogP contribution in [0.5, 0.6) is 0 Å². The Morgan fingerprint density at radius 1 is 0.667 bits per heavy atom. The van der Waals surface area contributed by atoms with Crippen molar-refractivity contribution < 1.29 is 0 Å². The summed E-state index contributed by atoms with van der Waals surface area (Å²) < 4.78 is 3.09. The third kappa shape index (κ3) is 2.74. The van der Waals surface area contributed by atoms with E-state index >= 15 is 0 Å². The van der Waals surface area contributed by atoms with Crippen molar-refractivity contribution >= 4 is 26.5 Å². The highest BCUT2D eigenvalue weighted by Gasteiger charge is 2.41. The predicted molar refractivity (Wildman–Crippen MR) is 106 cm³/mol. The standard InChI is InChI=1S/C18H30N2O2P2/c1-11-7-8-12(2)23(11)15-16(24-13(3)9-10-14(24)4)18(22)20(6)19(5)17(15)21/h11-14H,7-10H2,1-6H3. The highest BCUT2D eigenvalue weighted by atomic mass is 31.1. The number of rotatable bonds is 2. The Labute approximate surface area is 147 Å². The van der Waals surface area contributed by atoms with Gasteiger partial charge in [-0.05, 0) is 48.3 Å². The van der Waals surface area contributed by atoms with Crippen molar-refractivity contribution in [1.29, 1.82) is 0 Å². The summed E-state index contributed by atoms with van der Waals surface area (Å²) in [6.07, 6.45) is 4.75. The van der Waals surface area contributed by atoms with Gasteiger partial charge in [-0.3, -0.25) is 19.0 Å². The van der Waals surface area contributed by atoms with Gasteiger partial charge < -0.3 is 0 Å². The first-order chi connectivity index (χ1) is 11.3. The van der Waals surface area contributed by atoms with Gasteiger partial charge >= 0.3 is 0 Å². The van der Waals surface area contributed by atoms with Gasteiger partial charge in [-0.15, -0.1) is 0 Å². The number of hydrogen-bond donors (Lipinski definition) is 0. The molecule has 0 spiro atoms. The van der Waals surface area contributed by atoms with E-state index in [1.807, 2.05) is 0 Å². The van der Waals surface area contributed by atoms with Gasteiger partial charge in [0.25, 0.3) is 11.1 Å². The van der Waals surface area contributed by atoms with Gasteiger partial charge in [0.1, 0.15) is 0 Å². The molecule has 6 heteroatoms. The second-order valence-corrected chi connectivity index (χ2v) is 13.8. The van der Waals surface area contributed by atoms with Crippen LogP contribution < -0.4 is 21.7 Å². The topological polar surface area (TPSA) is 44.0 Å². The Morgan fingerprint density at radius 3 is 1.17 bits per heavy atom. The van der Waals surface area contributed by atoms with Crippen molar-refractivity contribution in [2.75, 3.05) is 0 Å². The smallest absolute Gasteiger partial charge is 0.267 e. The van der Waals surface area contributed by atoms with Crippen molar-refractivity contribution in [2.24, 2.45) is 14.1 Å². The van der Waals surface area contributed by atoms with Crippen LogP contribution in [0.1, 0.15) is 53.4 Å². The molecule has 24 heavy (non-hydrogen) atoms. The average Bonchev–Trinajstić information content (AvgIpc) is 3.04. The van der Waals surface area contributed by atoms with E-state index < -0.39 is 15.8 Å². The van der Waals surface area contributed by atoms with E-state index in [0.717, 1.165) is 10.6 Å². The largest absolute Gasteiger partial charge is 0.273 e. The quantitative estimate of drug-likeness (QED) is 0.753. The monoisotopic (exact) mass is 368 g/mol. The summed E-state index contributed by atoms with van der Waals surface area (Å²) in [5.74, 6) is 0. The lowest BCUT2D eigenvalue weighted by molar-refractivity contribution is 0.540. The Hall–Kier alpha value is -0.460. The van der Waals surface area contributed by atoms with Crippen LogP contribution in [0, 0.1) is 0 Å². The molecular weight excluding hydrogens is 338 g/mol. The second-order valence-electron chi connectivity index (χ2n) is 7.72. The van der Waals surface area contributed by atoms with E-state index in [1.54, 1.807) is 23.5 Å². The molecular formula is C18H30N2O2P2. The van der Waals surface area contributed by atoms with E-state index in [0.29, 0.717) is 22.6 Å². The molecule has 4 unspecified atom stereocenters. The van der Waals surface area contributed by atoms with E-state index in [-0.39, 0.29) is 11.1 Å². The molecule has 2 aliphatic heterocycles. The van der Waals surface area contributed by atoms with E-state index in [4.69, 9.17) is 0 Å².